The molecule has 0 fully saturated rings. The minimum atomic E-state index is -0.332. The molecule has 0 saturated heterocycles. The van der Waals surface area contributed by atoms with Gasteiger partial charge in [0.2, 0.25) is 0 Å². The molecule has 0 aliphatic carbocycles. The fourth-order valence-corrected chi connectivity index (χ4v) is 2.86. The third-order valence-electron chi connectivity index (χ3n) is 4.24. The molecular weight excluding hydrogens is 369 g/mol. The van der Waals surface area contributed by atoms with Gasteiger partial charge in [-0.05, 0) is 67.6 Å². The van der Waals surface area contributed by atoms with Crippen molar-refractivity contribution >= 4 is 11.7 Å². The van der Waals surface area contributed by atoms with Gasteiger partial charge in [-0.25, -0.2) is 9.07 Å². The molecule has 0 radical (unpaired) electrons. The molecule has 1 N–H and O–H groups in total. The first-order valence-electron chi connectivity index (χ1n) is 9.05. The van der Waals surface area contributed by atoms with Crippen molar-refractivity contribution in [2.75, 3.05) is 5.32 Å². The molecule has 3 aromatic carbocycles. The molecule has 6 heteroatoms. The normalized spacial score (nSPS) is 10.6. The predicted octanol–water partition coefficient (Wildman–Crippen LogP) is 5.36. The van der Waals surface area contributed by atoms with Crippen LogP contribution in [0.3, 0.4) is 0 Å². The standard InChI is InChI=1S/C23H18FN3O2/c1-16-15-22(27(26-16)19-11-9-18(24)10-12-19)25-23(28)17-7-13-21(14-8-17)29-20-5-3-2-4-6-20/h2-15H,1H3,(H,25,28). The first-order valence-corrected chi connectivity index (χ1v) is 9.05. The number of ether oxygens (including phenoxy) is 1. The fraction of sp³-hybridized carbons (Fsp3) is 0.0435. The summed E-state index contributed by atoms with van der Waals surface area (Å²) in [6.07, 6.45) is 0. The molecule has 0 aliphatic rings. The number of hydrogen-bond donors (Lipinski definition) is 1. The lowest BCUT2D eigenvalue weighted by Crippen LogP contribution is -2.15. The van der Waals surface area contributed by atoms with Gasteiger partial charge >= 0.3 is 0 Å². The van der Waals surface area contributed by atoms with E-state index in [2.05, 4.69) is 10.4 Å². The first kappa shape index (κ1) is 18.4. The number of benzene rings is 3. The van der Waals surface area contributed by atoms with E-state index in [1.54, 1.807) is 47.1 Å². The molecular formula is C23H18FN3O2. The van der Waals surface area contributed by atoms with Gasteiger partial charge in [0.05, 0.1) is 11.4 Å². The van der Waals surface area contributed by atoms with Crippen molar-refractivity contribution < 1.29 is 13.9 Å². The molecule has 5 nitrogen and oxygen atoms in total. The van der Waals surface area contributed by atoms with Gasteiger partial charge in [0.25, 0.3) is 5.91 Å². The lowest BCUT2D eigenvalue weighted by Gasteiger charge is -2.10. The second kappa shape index (κ2) is 7.98. The Kier molecular flexibility index (Phi) is 5.07. The molecule has 1 aromatic heterocycles. The van der Waals surface area contributed by atoms with E-state index in [0.717, 1.165) is 11.4 Å². The minimum absolute atomic E-state index is 0.278. The Bertz CT molecular complexity index is 1120. The van der Waals surface area contributed by atoms with Crippen LogP contribution in [0.15, 0.2) is 84.9 Å². The van der Waals surface area contributed by atoms with Gasteiger partial charge in [0.15, 0.2) is 0 Å². The van der Waals surface area contributed by atoms with E-state index in [-0.39, 0.29) is 11.7 Å². The Balaban J connectivity index is 1.50. The van der Waals surface area contributed by atoms with Crippen LogP contribution >= 0.6 is 0 Å². The van der Waals surface area contributed by atoms with Gasteiger partial charge in [-0.1, -0.05) is 18.2 Å². The van der Waals surface area contributed by atoms with Crippen LogP contribution in [-0.2, 0) is 0 Å². The Morgan fingerprint density at radius 2 is 1.59 bits per heavy atom. The van der Waals surface area contributed by atoms with Crippen molar-refractivity contribution in [3.05, 3.63) is 102 Å². The third kappa shape index (κ3) is 4.32. The van der Waals surface area contributed by atoms with Crippen molar-refractivity contribution in [2.24, 2.45) is 0 Å². The molecule has 0 bridgehead atoms. The highest BCUT2D eigenvalue weighted by Crippen LogP contribution is 2.22. The number of carbonyl (C=O) groups is 1. The van der Waals surface area contributed by atoms with Gasteiger partial charge in [-0.2, -0.15) is 5.10 Å². The summed E-state index contributed by atoms with van der Waals surface area (Å²) in [5, 5.41) is 7.23. The number of amides is 1. The van der Waals surface area contributed by atoms with E-state index < -0.39 is 0 Å². The molecule has 0 saturated carbocycles. The molecule has 4 aromatic rings. The Morgan fingerprint density at radius 1 is 0.931 bits per heavy atom. The van der Waals surface area contributed by atoms with Crippen LogP contribution < -0.4 is 10.1 Å². The van der Waals surface area contributed by atoms with Crippen LogP contribution in [-0.4, -0.2) is 15.7 Å². The smallest absolute Gasteiger partial charge is 0.256 e. The molecule has 1 amide bonds. The summed E-state index contributed by atoms with van der Waals surface area (Å²) in [7, 11) is 0. The van der Waals surface area contributed by atoms with Crippen LogP contribution in [0.5, 0.6) is 11.5 Å². The number of para-hydroxylation sites is 1. The highest BCUT2D eigenvalue weighted by molar-refractivity contribution is 6.04. The third-order valence-corrected chi connectivity index (χ3v) is 4.24. The molecule has 29 heavy (non-hydrogen) atoms. The quantitative estimate of drug-likeness (QED) is 0.501. The number of anilines is 1. The van der Waals surface area contributed by atoms with Crippen LogP contribution in [0.2, 0.25) is 0 Å². The number of nitrogens with zero attached hydrogens (tertiary/aromatic N) is 2. The molecule has 1 heterocycles. The number of aromatic nitrogens is 2. The number of aryl methyl sites for hydroxylation is 1. The van der Waals surface area contributed by atoms with Crippen molar-refractivity contribution in [3.8, 4) is 17.2 Å². The van der Waals surface area contributed by atoms with Gasteiger partial charge in [-0.3, -0.25) is 4.79 Å². The molecule has 0 spiro atoms. The first-order chi connectivity index (χ1) is 14.1. The van der Waals surface area contributed by atoms with Crippen LogP contribution in [0, 0.1) is 12.7 Å². The Labute approximate surface area is 167 Å². The molecule has 4 rings (SSSR count). The van der Waals surface area contributed by atoms with Crippen molar-refractivity contribution in [2.45, 2.75) is 6.92 Å². The maximum atomic E-state index is 13.2. The maximum Gasteiger partial charge on any atom is 0.256 e. The van der Waals surface area contributed by atoms with Crippen LogP contribution in [0.4, 0.5) is 10.2 Å². The predicted molar refractivity (Wildman–Crippen MR) is 109 cm³/mol. The zero-order chi connectivity index (χ0) is 20.2. The van der Waals surface area contributed by atoms with E-state index in [4.69, 9.17) is 4.74 Å². The average molecular weight is 387 g/mol. The maximum absolute atomic E-state index is 13.2. The summed E-state index contributed by atoms with van der Waals surface area (Å²) in [6.45, 7) is 1.82. The number of hydrogen-bond acceptors (Lipinski definition) is 3. The Hall–Kier alpha value is -3.93. The minimum Gasteiger partial charge on any atom is -0.457 e. The van der Waals surface area contributed by atoms with Crippen molar-refractivity contribution in [1.29, 1.82) is 0 Å². The van der Waals surface area contributed by atoms with E-state index in [1.165, 1.54) is 12.1 Å². The molecule has 0 unspecified atom stereocenters. The van der Waals surface area contributed by atoms with E-state index >= 15 is 0 Å². The van der Waals surface area contributed by atoms with Gasteiger partial charge < -0.3 is 10.1 Å². The van der Waals surface area contributed by atoms with Crippen LogP contribution in [0.1, 0.15) is 16.1 Å². The monoisotopic (exact) mass is 387 g/mol. The zero-order valence-electron chi connectivity index (χ0n) is 15.7. The lowest BCUT2D eigenvalue weighted by atomic mass is 10.2. The van der Waals surface area contributed by atoms with Crippen molar-refractivity contribution in [3.63, 3.8) is 0 Å². The highest BCUT2D eigenvalue weighted by Gasteiger charge is 2.13. The van der Waals surface area contributed by atoms with Gasteiger partial charge in [0, 0.05) is 11.6 Å². The summed E-state index contributed by atoms with van der Waals surface area (Å²) in [6, 6.07) is 24.0. The average Bonchev–Trinajstić information content (AvgIpc) is 3.10. The fourth-order valence-electron chi connectivity index (χ4n) is 2.86. The number of nitrogens with one attached hydrogen (secondary N) is 1. The Morgan fingerprint density at radius 3 is 2.28 bits per heavy atom. The SMILES string of the molecule is Cc1cc(NC(=O)c2ccc(Oc3ccccc3)cc2)n(-c2ccc(F)cc2)n1. The number of carbonyl (C=O) groups excluding carboxylic acids is 1. The molecule has 144 valence electrons. The number of rotatable bonds is 5. The van der Waals surface area contributed by atoms with Gasteiger partial charge in [-0.15, -0.1) is 0 Å². The largest absolute Gasteiger partial charge is 0.457 e. The van der Waals surface area contributed by atoms with Crippen LogP contribution in [0.25, 0.3) is 5.69 Å². The summed E-state index contributed by atoms with van der Waals surface area (Å²) < 4.78 is 20.5. The molecule has 0 aliphatic heterocycles. The van der Waals surface area contributed by atoms with E-state index in [0.29, 0.717) is 22.8 Å². The highest BCUT2D eigenvalue weighted by atomic mass is 19.1. The zero-order valence-corrected chi connectivity index (χ0v) is 15.7. The second-order valence-electron chi connectivity index (χ2n) is 6.45. The molecule has 0 atom stereocenters. The van der Waals surface area contributed by atoms with Gasteiger partial charge in [0.1, 0.15) is 23.1 Å². The second-order valence-corrected chi connectivity index (χ2v) is 6.45. The number of halogens is 1. The summed E-state index contributed by atoms with van der Waals surface area (Å²) in [5.41, 5.74) is 1.87. The summed E-state index contributed by atoms with van der Waals surface area (Å²) >= 11 is 0. The van der Waals surface area contributed by atoms with E-state index in [1.807, 2.05) is 37.3 Å². The summed E-state index contributed by atoms with van der Waals surface area (Å²) in [4.78, 5) is 12.7. The summed E-state index contributed by atoms with van der Waals surface area (Å²) in [5.74, 6) is 1.26. The van der Waals surface area contributed by atoms with Crippen molar-refractivity contribution in [1.82, 2.24) is 9.78 Å². The van der Waals surface area contributed by atoms with E-state index in [9.17, 15) is 9.18 Å². The topological polar surface area (TPSA) is 56.1 Å². The lowest BCUT2D eigenvalue weighted by molar-refractivity contribution is 0.102.